The summed E-state index contributed by atoms with van der Waals surface area (Å²) in [5.41, 5.74) is 1.11. The van der Waals surface area contributed by atoms with Crippen LogP contribution in [0.1, 0.15) is 24.9 Å². The zero-order chi connectivity index (χ0) is 13.7. The zero-order valence-corrected chi connectivity index (χ0v) is 11.5. The minimum atomic E-state index is -0.730. The van der Waals surface area contributed by atoms with E-state index in [4.69, 9.17) is 5.11 Å². The number of carboxylic acids is 1. The number of hydrogen-bond donors (Lipinski definition) is 1. The Bertz CT molecular complexity index is 400. The van der Waals surface area contributed by atoms with Crippen molar-refractivity contribution >= 4 is 5.97 Å². The number of carboxylic acid groups (broad SMARTS) is 1. The van der Waals surface area contributed by atoms with Gasteiger partial charge in [0.25, 0.3) is 0 Å². The first-order chi connectivity index (χ1) is 9.20. The minimum Gasteiger partial charge on any atom is -0.481 e. The van der Waals surface area contributed by atoms with Crippen LogP contribution in [0, 0.1) is 0 Å². The highest BCUT2D eigenvalue weighted by molar-refractivity contribution is 5.68. The second kappa shape index (κ2) is 6.68. The van der Waals surface area contributed by atoms with Gasteiger partial charge in [-0.25, -0.2) is 0 Å². The van der Waals surface area contributed by atoms with Crippen molar-refractivity contribution in [3.8, 4) is 0 Å². The fourth-order valence-electron chi connectivity index (χ4n) is 2.69. The van der Waals surface area contributed by atoms with Crippen molar-refractivity contribution in [2.45, 2.75) is 19.4 Å². The van der Waals surface area contributed by atoms with Crippen molar-refractivity contribution in [3.05, 3.63) is 35.9 Å². The van der Waals surface area contributed by atoms with E-state index in [-0.39, 0.29) is 12.5 Å². The Morgan fingerprint density at radius 3 is 2.37 bits per heavy atom. The van der Waals surface area contributed by atoms with Gasteiger partial charge < -0.3 is 10.0 Å². The Hall–Kier alpha value is -1.39. The fraction of sp³-hybridized carbons (Fsp3) is 0.533. The summed E-state index contributed by atoms with van der Waals surface area (Å²) in [5.74, 6) is -0.730. The van der Waals surface area contributed by atoms with E-state index in [0.717, 1.165) is 38.3 Å². The van der Waals surface area contributed by atoms with Crippen molar-refractivity contribution < 1.29 is 9.90 Å². The minimum absolute atomic E-state index is 0.00212. The average Bonchev–Trinajstić information content (AvgIpc) is 2.46. The van der Waals surface area contributed by atoms with Crippen LogP contribution in [0.15, 0.2) is 30.3 Å². The number of aliphatic carboxylic acids is 1. The molecule has 1 saturated heterocycles. The maximum absolute atomic E-state index is 11.1. The molecule has 1 aromatic rings. The topological polar surface area (TPSA) is 43.8 Å². The van der Waals surface area contributed by atoms with Crippen molar-refractivity contribution in [1.82, 2.24) is 9.80 Å². The van der Waals surface area contributed by atoms with Gasteiger partial charge >= 0.3 is 5.97 Å². The van der Waals surface area contributed by atoms with Crippen molar-refractivity contribution in [2.75, 3.05) is 32.7 Å². The Morgan fingerprint density at radius 1 is 1.21 bits per heavy atom. The Kier molecular flexibility index (Phi) is 4.93. The third-order valence-electron chi connectivity index (χ3n) is 3.85. The van der Waals surface area contributed by atoms with Crippen LogP contribution in [0.25, 0.3) is 0 Å². The van der Waals surface area contributed by atoms with E-state index >= 15 is 0 Å². The molecule has 1 atom stereocenters. The number of piperazine rings is 1. The normalized spacial score (nSPS) is 19.2. The number of nitrogens with zero attached hydrogens (tertiary/aromatic N) is 2. The molecule has 4 heteroatoms. The predicted octanol–water partition coefficient (Wildman–Crippen LogP) is 1.84. The van der Waals surface area contributed by atoms with Gasteiger partial charge in [0.15, 0.2) is 0 Å². The summed E-state index contributed by atoms with van der Waals surface area (Å²) in [6, 6.07) is 9.98. The smallest absolute Gasteiger partial charge is 0.305 e. The molecule has 1 aliphatic rings. The monoisotopic (exact) mass is 262 g/mol. The Labute approximate surface area is 114 Å². The van der Waals surface area contributed by atoms with Crippen LogP contribution in [-0.4, -0.2) is 53.6 Å². The van der Waals surface area contributed by atoms with Crippen molar-refractivity contribution in [1.29, 1.82) is 0 Å². The summed E-state index contributed by atoms with van der Waals surface area (Å²) in [6.07, 6.45) is 0.177. The van der Waals surface area contributed by atoms with Crippen LogP contribution >= 0.6 is 0 Å². The van der Waals surface area contributed by atoms with Crippen LogP contribution in [0.5, 0.6) is 0 Å². The number of hydrogen-bond acceptors (Lipinski definition) is 3. The van der Waals surface area contributed by atoms with Crippen LogP contribution < -0.4 is 0 Å². The Balaban J connectivity index is 2.08. The van der Waals surface area contributed by atoms with Crippen LogP contribution in [0.4, 0.5) is 0 Å². The van der Waals surface area contributed by atoms with E-state index in [0.29, 0.717) is 0 Å². The van der Waals surface area contributed by atoms with Gasteiger partial charge in [0.1, 0.15) is 0 Å². The third-order valence-corrected chi connectivity index (χ3v) is 3.85. The molecule has 0 radical (unpaired) electrons. The molecule has 0 saturated carbocycles. The van der Waals surface area contributed by atoms with E-state index in [1.807, 2.05) is 30.3 Å². The molecule has 19 heavy (non-hydrogen) atoms. The van der Waals surface area contributed by atoms with Gasteiger partial charge in [-0.3, -0.25) is 9.69 Å². The molecule has 1 heterocycles. The molecule has 1 fully saturated rings. The van der Waals surface area contributed by atoms with Crippen molar-refractivity contribution in [2.24, 2.45) is 0 Å². The molecule has 0 aromatic heterocycles. The first-order valence-electron chi connectivity index (χ1n) is 6.94. The van der Waals surface area contributed by atoms with Crippen LogP contribution in [0.3, 0.4) is 0 Å². The predicted molar refractivity (Wildman–Crippen MR) is 75.1 cm³/mol. The maximum Gasteiger partial charge on any atom is 0.305 e. The molecule has 1 aromatic carbocycles. The average molecular weight is 262 g/mol. The van der Waals surface area contributed by atoms with Gasteiger partial charge in [-0.05, 0) is 12.1 Å². The van der Waals surface area contributed by atoms with Gasteiger partial charge in [0.2, 0.25) is 0 Å². The molecule has 1 aliphatic heterocycles. The van der Waals surface area contributed by atoms with Gasteiger partial charge in [0.05, 0.1) is 6.42 Å². The van der Waals surface area contributed by atoms with Gasteiger partial charge in [-0.1, -0.05) is 37.3 Å². The highest BCUT2D eigenvalue weighted by Gasteiger charge is 2.26. The lowest BCUT2D eigenvalue weighted by Gasteiger charge is -2.38. The first kappa shape index (κ1) is 14.0. The number of benzene rings is 1. The van der Waals surface area contributed by atoms with E-state index in [2.05, 4.69) is 16.7 Å². The summed E-state index contributed by atoms with van der Waals surface area (Å²) in [7, 11) is 0. The van der Waals surface area contributed by atoms with E-state index in [9.17, 15) is 4.79 Å². The molecule has 1 unspecified atom stereocenters. The number of carbonyl (C=O) groups is 1. The quantitative estimate of drug-likeness (QED) is 0.879. The highest BCUT2D eigenvalue weighted by Crippen LogP contribution is 2.25. The lowest BCUT2D eigenvalue weighted by atomic mass is 10.0. The lowest BCUT2D eigenvalue weighted by molar-refractivity contribution is -0.138. The molecular weight excluding hydrogens is 240 g/mol. The van der Waals surface area contributed by atoms with Crippen LogP contribution in [-0.2, 0) is 4.79 Å². The van der Waals surface area contributed by atoms with Gasteiger partial charge in [-0.2, -0.15) is 0 Å². The van der Waals surface area contributed by atoms with Gasteiger partial charge in [-0.15, -0.1) is 0 Å². The number of rotatable bonds is 5. The maximum atomic E-state index is 11.1. The summed E-state index contributed by atoms with van der Waals surface area (Å²) in [4.78, 5) is 15.8. The standard InChI is InChI=1S/C15H22N2O2/c1-2-16-8-10-17(11-9-16)14(12-15(18)19)13-6-4-3-5-7-13/h3-7,14H,2,8-12H2,1H3,(H,18,19). The lowest BCUT2D eigenvalue weighted by Crippen LogP contribution is -2.47. The molecule has 2 rings (SSSR count). The number of likely N-dealkylation sites (N-methyl/N-ethyl adjacent to an activating group) is 1. The Morgan fingerprint density at radius 2 is 1.84 bits per heavy atom. The second-order valence-electron chi connectivity index (χ2n) is 4.99. The molecule has 0 aliphatic carbocycles. The molecule has 4 nitrogen and oxygen atoms in total. The largest absolute Gasteiger partial charge is 0.481 e. The SMILES string of the molecule is CCN1CCN(C(CC(=O)O)c2ccccc2)CC1. The fourth-order valence-corrected chi connectivity index (χ4v) is 2.69. The molecule has 104 valence electrons. The molecular formula is C15H22N2O2. The summed E-state index contributed by atoms with van der Waals surface area (Å²) in [6.45, 7) is 7.19. The molecule has 0 amide bonds. The summed E-state index contributed by atoms with van der Waals surface area (Å²) < 4.78 is 0. The highest BCUT2D eigenvalue weighted by atomic mass is 16.4. The van der Waals surface area contributed by atoms with Crippen molar-refractivity contribution in [3.63, 3.8) is 0 Å². The summed E-state index contributed by atoms with van der Waals surface area (Å²) in [5, 5.41) is 9.14. The molecule has 0 bridgehead atoms. The van der Waals surface area contributed by atoms with Crippen LogP contribution in [0.2, 0.25) is 0 Å². The van der Waals surface area contributed by atoms with Gasteiger partial charge in [0, 0.05) is 32.2 Å². The molecule has 0 spiro atoms. The van der Waals surface area contributed by atoms with E-state index < -0.39 is 5.97 Å². The van der Waals surface area contributed by atoms with E-state index in [1.165, 1.54) is 0 Å². The van der Waals surface area contributed by atoms with E-state index in [1.54, 1.807) is 0 Å². The second-order valence-corrected chi connectivity index (χ2v) is 4.99. The first-order valence-corrected chi connectivity index (χ1v) is 6.94. The zero-order valence-electron chi connectivity index (χ0n) is 11.5. The third kappa shape index (κ3) is 3.78. The molecule has 1 N–H and O–H groups in total. The summed E-state index contributed by atoms with van der Waals surface area (Å²) >= 11 is 0.